The molecule has 0 aromatic heterocycles. The van der Waals surface area contributed by atoms with Crippen molar-refractivity contribution in [1.82, 2.24) is 5.32 Å². The second-order valence-electron chi connectivity index (χ2n) is 5.15. The van der Waals surface area contributed by atoms with Crippen molar-refractivity contribution < 1.29 is 9.53 Å². The van der Waals surface area contributed by atoms with Gasteiger partial charge in [-0.25, -0.2) is 0 Å². The summed E-state index contributed by atoms with van der Waals surface area (Å²) < 4.78 is 6.01. The third-order valence-corrected chi connectivity index (χ3v) is 4.35. The van der Waals surface area contributed by atoms with Crippen molar-refractivity contribution in [3.63, 3.8) is 0 Å². The van der Waals surface area contributed by atoms with Crippen LogP contribution >= 0.6 is 15.9 Å². The molecule has 0 bridgehead atoms. The Hall–Kier alpha value is -1.74. The molecule has 6 heteroatoms. The zero-order valence-corrected chi connectivity index (χ0v) is 13.5. The molecule has 1 amide bonds. The Labute approximate surface area is 132 Å². The van der Waals surface area contributed by atoms with E-state index in [0.717, 1.165) is 35.8 Å². The van der Waals surface area contributed by atoms with Gasteiger partial charge in [-0.1, -0.05) is 0 Å². The van der Waals surface area contributed by atoms with Gasteiger partial charge in [-0.05, 0) is 53.7 Å². The van der Waals surface area contributed by atoms with E-state index in [0.29, 0.717) is 5.75 Å². The Kier molecular flexibility index (Phi) is 5.07. The molecule has 1 aromatic rings. The molecule has 1 aliphatic carbocycles. The normalized spacial score (nSPS) is 16.0. The average molecular weight is 352 g/mol. The van der Waals surface area contributed by atoms with Gasteiger partial charge in [-0.15, -0.1) is 0 Å². The quantitative estimate of drug-likeness (QED) is 0.855. The number of nitrogens with one attached hydrogen (secondary N) is 2. The fourth-order valence-electron chi connectivity index (χ4n) is 2.50. The number of carbonyl (C=O) groups is 1. The van der Waals surface area contributed by atoms with Crippen LogP contribution in [0.25, 0.3) is 0 Å². The molecule has 1 fully saturated rings. The number of hydrogen-bond donors (Lipinski definition) is 2. The van der Waals surface area contributed by atoms with Gasteiger partial charge >= 0.3 is 0 Å². The summed E-state index contributed by atoms with van der Waals surface area (Å²) in [4.78, 5) is 12.0. The van der Waals surface area contributed by atoms with Crippen LogP contribution < -0.4 is 15.4 Å². The van der Waals surface area contributed by atoms with Crippen molar-refractivity contribution >= 4 is 27.5 Å². The summed E-state index contributed by atoms with van der Waals surface area (Å²) >= 11 is 3.42. The van der Waals surface area contributed by atoms with Crippen LogP contribution in [0.5, 0.6) is 5.75 Å². The molecule has 2 N–H and O–H groups in total. The fourth-order valence-corrected chi connectivity index (χ4v) is 2.88. The number of ether oxygens (including phenoxy) is 1. The highest BCUT2D eigenvalue weighted by atomic mass is 79.9. The molecule has 112 valence electrons. The van der Waals surface area contributed by atoms with Gasteiger partial charge in [0.25, 0.3) is 0 Å². The molecule has 21 heavy (non-hydrogen) atoms. The second kappa shape index (κ2) is 6.81. The molecule has 0 spiro atoms. The number of nitriles is 1. The predicted octanol–water partition coefficient (Wildman–Crippen LogP) is 2.82. The second-order valence-corrected chi connectivity index (χ2v) is 6.00. The number of carbonyl (C=O) groups excluding carboxylic acids is 1. The maximum absolute atomic E-state index is 12.0. The van der Waals surface area contributed by atoms with E-state index in [-0.39, 0.29) is 12.5 Å². The van der Waals surface area contributed by atoms with Crippen molar-refractivity contribution in [3.8, 4) is 11.8 Å². The summed E-state index contributed by atoms with van der Waals surface area (Å²) in [5.74, 6) is 0.540. The molecule has 1 saturated carbocycles. The van der Waals surface area contributed by atoms with Gasteiger partial charge in [-0.2, -0.15) is 5.26 Å². The van der Waals surface area contributed by atoms with E-state index in [1.807, 2.05) is 18.2 Å². The van der Waals surface area contributed by atoms with Crippen molar-refractivity contribution in [2.45, 2.75) is 31.2 Å². The van der Waals surface area contributed by atoms with E-state index in [9.17, 15) is 10.1 Å². The Bertz CT molecular complexity index is 563. The van der Waals surface area contributed by atoms with Gasteiger partial charge in [0.15, 0.2) is 0 Å². The maximum Gasteiger partial charge on any atom is 0.240 e. The standard InChI is InChI=1S/C15H18BrN3O2/c1-21-11-4-5-12(16)13(8-11)18-9-14(20)19-15(10-17)6-2-3-7-15/h4-5,8,18H,2-3,6-7,9H2,1H3,(H,19,20). The van der Waals surface area contributed by atoms with Crippen LogP contribution in [0.4, 0.5) is 5.69 Å². The molecule has 1 aromatic carbocycles. The molecule has 1 aliphatic rings. The van der Waals surface area contributed by atoms with E-state index in [4.69, 9.17) is 4.74 Å². The maximum atomic E-state index is 12.0. The molecule has 2 rings (SSSR count). The lowest BCUT2D eigenvalue weighted by atomic mass is 10.00. The lowest BCUT2D eigenvalue weighted by Crippen LogP contribution is -2.47. The van der Waals surface area contributed by atoms with Gasteiger partial charge < -0.3 is 15.4 Å². The SMILES string of the molecule is COc1ccc(Br)c(NCC(=O)NC2(C#N)CCCC2)c1. The summed E-state index contributed by atoms with van der Waals surface area (Å²) in [5, 5.41) is 15.2. The summed E-state index contributed by atoms with van der Waals surface area (Å²) in [6.45, 7) is 0.120. The van der Waals surface area contributed by atoms with E-state index < -0.39 is 5.54 Å². The van der Waals surface area contributed by atoms with Crippen LogP contribution in [0.1, 0.15) is 25.7 Å². The summed E-state index contributed by atoms with van der Waals surface area (Å²) in [5.41, 5.74) is 0.103. The van der Waals surface area contributed by atoms with Gasteiger partial charge in [0.1, 0.15) is 11.3 Å². The molecule has 0 unspecified atom stereocenters. The number of rotatable bonds is 5. The van der Waals surface area contributed by atoms with Gasteiger partial charge in [0, 0.05) is 10.5 Å². The average Bonchev–Trinajstić information content (AvgIpc) is 2.95. The van der Waals surface area contributed by atoms with Crippen molar-refractivity contribution in [2.24, 2.45) is 0 Å². The van der Waals surface area contributed by atoms with E-state index >= 15 is 0 Å². The third kappa shape index (κ3) is 3.88. The number of halogens is 1. The van der Waals surface area contributed by atoms with E-state index in [2.05, 4.69) is 32.6 Å². The first-order valence-corrected chi connectivity index (χ1v) is 7.67. The first-order chi connectivity index (χ1) is 10.1. The van der Waals surface area contributed by atoms with Crippen LogP contribution in [-0.4, -0.2) is 25.1 Å². The van der Waals surface area contributed by atoms with Crippen LogP contribution in [0, 0.1) is 11.3 Å². The highest BCUT2D eigenvalue weighted by molar-refractivity contribution is 9.10. The summed E-state index contributed by atoms with van der Waals surface area (Å²) in [6.07, 6.45) is 3.45. The largest absolute Gasteiger partial charge is 0.497 e. The highest BCUT2D eigenvalue weighted by Crippen LogP contribution is 2.29. The zero-order chi connectivity index (χ0) is 15.3. The van der Waals surface area contributed by atoms with Gasteiger partial charge in [-0.3, -0.25) is 4.79 Å². The topological polar surface area (TPSA) is 74.2 Å². The van der Waals surface area contributed by atoms with E-state index in [1.165, 1.54) is 0 Å². The fraction of sp³-hybridized carbons (Fsp3) is 0.467. The summed E-state index contributed by atoms with van der Waals surface area (Å²) in [7, 11) is 1.59. The summed E-state index contributed by atoms with van der Waals surface area (Å²) in [6, 6.07) is 7.75. The number of nitrogens with zero attached hydrogens (tertiary/aromatic N) is 1. The Balaban J connectivity index is 1.94. The molecule has 0 heterocycles. The highest BCUT2D eigenvalue weighted by Gasteiger charge is 2.35. The molecule has 0 aliphatic heterocycles. The van der Waals surface area contributed by atoms with Gasteiger partial charge in [0.2, 0.25) is 5.91 Å². The minimum atomic E-state index is -0.676. The first-order valence-electron chi connectivity index (χ1n) is 6.88. The smallest absolute Gasteiger partial charge is 0.240 e. The van der Waals surface area contributed by atoms with Gasteiger partial charge in [0.05, 0.1) is 25.4 Å². The monoisotopic (exact) mass is 351 g/mol. The Morgan fingerprint density at radius 2 is 2.19 bits per heavy atom. The Morgan fingerprint density at radius 3 is 2.81 bits per heavy atom. The first kappa shape index (κ1) is 15.6. The van der Waals surface area contributed by atoms with Crippen molar-refractivity contribution in [3.05, 3.63) is 22.7 Å². The van der Waals surface area contributed by atoms with Crippen molar-refractivity contribution in [1.29, 1.82) is 5.26 Å². The van der Waals surface area contributed by atoms with Crippen LogP contribution in [0.15, 0.2) is 22.7 Å². The lowest BCUT2D eigenvalue weighted by Gasteiger charge is -2.22. The number of amides is 1. The number of anilines is 1. The minimum Gasteiger partial charge on any atom is -0.497 e. The van der Waals surface area contributed by atoms with Crippen LogP contribution in [0.2, 0.25) is 0 Å². The molecule has 0 radical (unpaired) electrons. The predicted molar refractivity (Wildman–Crippen MR) is 84.1 cm³/mol. The van der Waals surface area contributed by atoms with E-state index in [1.54, 1.807) is 7.11 Å². The van der Waals surface area contributed by atoms with Crippen LogP contribution in [-0.2, 0) is 4.79 Å². The number of benzene rings is 1. The third-order valence-electron chi connectivity index (χ3n) is 3.66. The number of methoxy groups -OCH3 is 1. The number of hydrogen-bond acceptors (Lipinski definition) is 4. The van der Waals surface area contributed by atoms with Crippen LogP contribution in [0.3, 0.4) is 0 Å². The molecule has 0 atom stereocenters. The lowest BCUT2D eigenvalue weighted by molar-refractivity contribution is -0.120. The molecular weight excluding hydrogens is 334 g/mol. The molecular formula is C15H18BrN3O2. The molecule has 5 nitrogen and oxygen atoms in total. The Morgan fingerprint density at radius 1 is 1.48 bits per heavy atom. The van der Waals surface area contributed by atoms with Crippen molar-refractivity contribution in [2.75, 3.05) is 19.0 Å². The molecule has 0 saturated heterocycles. The minimum absolute atomic E-state index is 0.120. The zero-order valence-electron chi connectivity index (χ0n) is 11.9.